The zero-order valence-corrected chi connectivity index (χ0v) is 11.8. The van der Waals surface area contributed by atoms with E-state index in [9.17, 15) is 4.79 Å². The van der Waals surface area contributed by atoms with E-state index in [1.807, 2.05) is 18.2 Å². The number of hydrogen-bond donors (Lipinski definition) is 3. The van der Waals surface area contributed by atoms with Gasteiger partial charge in [0.2, 0.25) is 11.8 Å². The van der Waals surface area contributed by atoms with Crippen molar-refractivity contribution in [2.75, 3.05) is 26.5 Å². The van der Waals surface area contributed by atoms with Crippen molar-refractivity contribution in [3.63, 3.8) is 0 Å². The minimum Gasteiger partial charge on any atom is -0.493 e. The second-order valence-electron chi connectivity index (χ2n) is 4.24. The highest BCUT2D eigenvalue weighted by Gasteiger charge is 2.10. The summed E-state index contributed by atoms with van der Waals surface area (Å²) >= 11 is 0. The standard InChI is InChI=1S/C13H17N5O3/c1-20-9-4-3-8(7-10(9)21-2)5-6-15-12(19)11-16-13(14)18-17-11/h3-4,7H,5-6H2,1-2H3,(H,15,19)(H3,14,16,17,18). The Bertz CT molecular complexity index is 626. The number of benzene rings is 1. The SMILES string of the molecule is COc1ccc(CCNC(=O)c2nc(N)n[nH]2)cc1OC. The molecule has 4 N–H and O–H groups in total. The molecular formula is C13H17N5O3. The van der Waals surface area contributed by atoms with Crippen LogP contribution in [0.25, 0.3) is 0 Å². The largest absolute Gasteiger partial charge is 0.493 e. The zero-order valence-electron chi connectivity index (χ0n) is 11.8. The van der Waals surface area contributed by atoms with E-state index >= 15 is 0 Å². The van der Waals surface area contributed by atoms with Crippen molar-refractivity contribution in [1.29, 1.82) is 0 Å². The summed E-state index contributed by atoms with van der Waals surface area (Å²) in [6, 6.07) is 5.62. The van der Waals surface area contributed by atoms with Crippen LogP contribution in [0.3, 0.4) is 0 Å². The Morgan fingerprint density at radius 3 is 2.71 bits per heavy atom. The molecule has 21 heavy (non-hydrogen) atoms. The predicted molar refractivity (Wildman–Crippen MR) is 76.4 cm³/mol. The number of hydrogen-bond acceptors (Lipinski definition) is 6. The normalized spacial score (nSPS) is 10.2. The Morgan fingerprint density at radius 1 is 1.33 bits per heavy atom. The molecule has 0 atom stereocenters. The van der Waals surface area contributed by atoms with Gasteiger partial charge in [0.25, 0.3) is 5.91 Å². The van der Waals surface area contributed by atoms with Crippen LogP contribution in [0.5, 0.6) is 11.5 Å². The number of methoxy groups -OCH3 is 2. The van der Waals surface area contributed by atoms with Crippen molar-refractivity contribution in [2.24, 2.45) is 0 Å². The van der Waals surface area contributed by atoms with Crippen molar-refractivity contribution in [1.82, 2.24) is 20.5 Å². The molecule has 1 amide bonds. The maximum absolute atomic E-state index is 11.7. The average molecular weight is 291 g/mol. The smallest absolute Gasteiger partial charge is 0.288 e. The summed E-state index contributed by atoms with van der Waals surface area (Å²) in [5.74, 6) is 1.12. The van der Waals surface area contributed by atoms with Gasteiger partial charge < -0.3 is 20.5 Å². The first-order chi connectivity index (χ1) is 10.1. The summed E-state index contributed by atoms with van der Waals surface area (Å²) in [6.07, 6.45) is 0.649. The van der Waals surface area contributed by atoms with Gasteiger partial charge in [-0.05, 0) is 24.1 Å². The molecule has 0 fully saturated rings. The van der Waals surface area contributed by atoms with Crippen LogP contribution in [0, 0.1) is 0 Å². The van der Waals surface area contributed by atoms with Crippen molar-refractivity contribution >= 4 is 11.9 Å². The lowest BCUT2D eigenvalue weighted by atomic mass is 10.1. The molecule has 0 aliphatic carbocycles. The monoisotopic (exact) mass is 291 g/mol. The summed E-state index contributed by atoms with van der Waals surface area (Å²) in [7, 11) is 3.17. The fourth-order valence-corrected chi connectivity index (χ4v) is 1.82. The molecule has 8 heteroatoms. The highest BCUT2D eigenvalue weighted by atomic mass is 16.5. The molecular weight excluding hydrogens is 274 g/mol. The topological polar surface area (TPSA) is 115 Å². The second-order valence-corrected chi connectivity index (χ2v) is 4.24. The Morgan fingerprint density at radius 2 is 2.10 bits per heavy atom. The van der Waals surface area contributed by atoms with E-state index in [4.69, 9.17) is 15.2 Å². The highest BCUT2D eigenvalue weighted by molar-refractivity contribution is 5.90. The van der Waals surface area contributed by atoms with Crippen LogP contribution in [0.15, 0.2) is 18.2 Å². The maximum atomic E-state index is 11.7. The zero-order chi connectivity index (χ0) is 15.2. The summed E-state index contributed by atoms with van der Waals surface area (Å²) in [5.41, 5.74) is 6.35. The molecule has 0 radical (unpaired) electrons. The van der Waals surface area contributed by atoms with Gasteiger partial charge in [0.15, 0.2) is 11.5 Å². The minimum absolute atomic E-state index is 0.0417. The van der Waals surface area contributed by atoms with Gasteiger partial charge in [0.1, 0.15) is 0 Å². The Labute approximate surface area is 121 Å². The van der Waals surface area contributed by atoms with E-state index in [1.165, 1.54) is 0 Å². The van der Waals surface area contributed by atoms with E-state index in [1.54, 1.807) is 14.2 Å². The van der Waals surface area contributed by atoms with Gasteiger partial charge >= 0.3 is 0 Å². The van der Waals surface area contributed by atoms with Crippen LogP contribution < -0.4 is 20.5 Å². The van der Waals surface area contributed by atoms with E-state index in [0.717, 1.165) is 5.56 Å². The predicted octanol–water partition coefficient (Wildman–Crippen LogP) is 0.377. The third-order valence-corrected chi connectivity index (χ3v) is 2.86. The first-order valence-corrected chi connectivity index (χ1v) is 6.31. The van der Waals surface area contributed by atoms with Crippen LogP contribution in [-0.2, 0) is 6.42 Å². The van der Waals surface area contributed by atoms with Gasteiger partial charge in [-0.2, -0.15) is 4.98 Å². The average Bonchev–Trinajstić information content (AvgIpc) is 2.93. The third kappa shape index (κ3) is 3.62. The molecule has 2 rings (SSSR count). The molecule has 1 heterocycles. The van der Waals surface area contributed by atoms with E-state index in [2.05, 4.69) is 20.5 Å². The molecule has 0 saturated carbocycles. The van der Waals surface area contributed by atoms with Crippen molar-refractivity contribution < 1.29 is 14.3 Å². The number of nitrogens with zero attached hydrogens (tertiary/aromatic N) is 2. The van der Waals surface area contributed by atoms with Gasteiger partial charge in [-0.25, -0.2) is 0 Å². The number of nitrogen functional groups attached to an aromatic ring is 1. The number of aromatic nitrogens is 3. The molecule has 8 nitrogen and oxygen atoms in total. The highest BCUT2D eigenvalue weighted by Crippen LogP contribution is 2.27. The number of nitrogens with one attached hydrogen (secondary N) is 2. The lowest BCUT2D eigenvalue weighted by Gasteiger charge is -2.09. The summed E-state index contributed by atoms with van der Waals surface area (Å²) in [5, 5.41) is 8.78. The number of anilines is 1. The van der Waals surface area contributed by atoms with Crippen LogP contribution >= 0.6 is 0 Å². The lowest BCUT2D eigenvalue weighted by Crippen LogP contribution is -2.26. The van der Waals surface area contributed by atoms with Gasteiger partial charge in [-0.1, -0.05) is 6.07 Å². The fourth-order valence-electron chi connectivity index (χ4n) is 1.82. The molecule has 0 aliphatic rings. The Hall–Kier alpha value is -2.77. The Kier molecular flexibility index (Phi) is 4.60. The van der Waals surface area contributed by atoms with Crippen molar-refractivity contribution in [2.45, 2.75) is 6.42 Å². The molecule has 1 aromatic carbocycles. The molecule has 0 saturated heterocycles. The Balaban J connectivity index is 1.90. The third-order valence-electron chi connectivity index (χ3n) is 2.86. The van der Waals surface area contributed by atoms with Gasteiger partial charge in [-0.15, -0.1) is 5.10 Å². The van der Waals surface area contributed by atoms with Crippen molar-refractivity contribution in [3.05, 3.63) is 29.6 Å². The molecule has 0 aliphatic heterocycles. The summed E-state index contributed by atoms with van der Waals surface area (Å²) in [4.78, 5) is 15.5. The van der Waals surface area contributed by atoms with Crippen LogP contribution in [0.4, 0.5) is 5.95 Å². The molecule has 112 valence electrons. The second kappa shape index (κ2) is 6.60. The maximum Gasteiger partial charge on any atom is 0.288 e. The first-order valence-electron chi connectivity index (χ1n) is 6.31. The van der Waals surface area contributed by atoms with E-state index in [0.29, 0.717) is 24.5 Å². The molecule has 0 unspecified atom stereocenters. The van der Waals surface area contributed by atoms with Crippen molar-refractivity contribution in [3.8, 4) is 11.5 Å². The quantitative estimate of drug-likeness (QED) is 0.708. The molecule has 1 aromatic heterocycles. The number of aromatic amines is 1. The van der Waals surface area contributed by atoms with Crippen LogP contribution in [0.1, 0.15) is 16.2 Å². The summed E-state index contributed by atoms with van der Waals surface area (Å²) in [6.45, 7) is 0.453. The number of H-pyrrole nitrogens is 1. The number of carbonyl (C=O) groups excluding carboxylic acids is 1. The number of carbonyl (C=O) groups is 1. The minimum atomic E-state index is -0.348. The molecule has 0 spiro atoms. The molecule has 2 aromatic rings. The van der Waals surface area contributed by atoms with Gasteiger partial charge in [-0.3, -0.25) is 9.89 Å². The van der Waals surface area contributed by atoms with E-state index < -0.39 is 0 Å². The number of nitrogens with two attached hydrogens (primary N) is 1. The number of rotatable bonds is 6. The summed E-state index contributed by atoms with van der Waals surface area (Å²) < 4.78 is 10.4. The number of ether oxygens (including phenoxy) is 2. The first kappa shape index (κ1) is 14.6. The van der Waals surface area contributed by atoms with E-state index in [-0.39, 0.29) is 17.7 Å². The van der Waals surface area contributed by atoms with Crippen LogP contribution in [-0.4, -0.2) is 41.9 Å². The van der Waals surface area contributed by atoms with Gasteiger partial charge in [0.05, 0.1) is 14.2 Å². The van der Waals surface area contributed by atoms with Gasteiger partial charge in [0, 0.05) is 6.54 Å². The lowest BCUT2D eigenvalue weighted by molar-refractivity contribution is 0.0944. The molecule has 0 bridgehead atoms. The number of amides is 1. The van der Waals surface area contributed by atoms with Crippen LogP contribution in [0.2, 0.25) is 0 Å². The fraction of sp³-hybridized carbons (Fsp3) is 0.308.